The zero-order valence-electron chi connectivity index (χ0n) is 8.12. The van der Waals surface area contributed by atoms with Crippen molar-refractivity contribution in [2.24, 2.45) is 0 Å². The van der Waals surface area contributed by atoms with Crippen LogP contribution in [0.15, 0.2) is 30.3 Å². The predicted molar refractivity (Wildman–Crippen MR) is 54.0 cm³/mol. The molecule has 15 heavy (non-hydrogen) atoms. The summed E-state index contributed by atoms with van der Waals surface area (Å²) in [5.74, 6) is 0. The van der Waals surface area contributed by atoms with E-state index in [0.717, 1.165) is 0 Å². The fourth-order valence-electron chi connectivity index (χ4n) is 0.914. The van der Waals surface area contributed by atoms with E-state index >= 15 is 0 Å². The van der Waals surface area contributed by atoms with Crippen molar-refractivity contribution < 1.29 is 23.5 Å². The largest absolute Gasteiger partial charge is 0.515 e. The second kappa shape index (κ2) is 4.96. The molecule has 1 unspecified atom stereocenters. The van der Waals surface area contributed by atoms with Gasteiger partial charge in [0, 0.05) is 0 Å². The molecule has 1 aromatic carbocycles. The summed E-state index contributed by atoms with van der Waals surface area (Å²) in [6, 6.07) is 7.65. The van der Waals surface area contributed by atoms with Crippen LogP contribution in [0.1, 0.15) is 6.92 Å². The summed E-state index contributed by atoms with van der Waals surface area (Å²) in [6.45, 7) is 1.67. The number of rotatable bonds is 3. The standard InChI is InChI=1S/C9H11O5P/c1-2-13-9(10)14-15(11,12)8-6-4-3-5-7-8/h3-7H,2H2,1H3,(H,11,12). The van der Waals surface area contributed by atoms with Crippen molar-refractivity contribution in [3.63, 3.8) is 0 Å². The van der Waals surface area contributed by atoms with Crippen LogP contribution in [0, 0.1) is 0 Å². The van der Waals surface area contributed by atoms with Gasteiger partial charge in [-0.05, 0) is 19.1 Å². The van der Waals surface area contributed by atoms with Crippen LogP contribution in [0.4, 0.5) is 4.79 Å². The normalized spacial score (nSPS) is 14.0. The quantitative estimate of drug-likeness (QED) is 0.631. The number of carbonyl (C=O) groups is 1. The van der Waals surface area contributed by atoms with E-state index in [1.54, 1.807) is 25.1 Å². The molecule has 5 nitrogen and oxygen atoms in total. The number of carbonyl (C=O) groups excluding carboxylic acids is 1. The lowest BCUT2D eigenvalue weighted by Crippen LogP contribution is -2.12. The minimum absolute atomic E-state index is 0.0538. The Balaban J connectivity index is 2.76. The third kappa shape index (κ3) is 3.38. The molecule has 6 heteroatoms. The van der Waals surface area contributed by atoms with Crippen molar-refractivity contribution in [1.29, 1.82) is 0 Å². The number of hydrogen-bond donors (Lipinski definition) is 1. The molecule has 1 N–H and O–H groups in total. The van der Waals surface area contributed by atoms with E-state index in [-0.39, 0.29) is 11.9 Å². The minimum Gasteiger partial charge on any atom is -0.434 e. The highest BCUT2D eigenvalue weighted by Gasteiger charge is 2.27. The molecule has 0 amide bonds. The van der Waals surface area contributed by atoms with Gasteiger partial charge in [-0.15, -0.1) is 0 Å². The highest BCUT2D eigenvalue weighted by atomic mass is 31.2. The van der Waals surface area contributed by atoms with Crippen LogP contribution >= 0.6 is 7.60 Å². The summed E-state index contributed by atoms with van der Waals surface area (Å²) >= 11 is 0. The molecule has 0 spiro atoms. The number of ether oxygens (including phenoxy) is 1. The molecule has 0 bridgehead atoms. The van der Waals surface area contributed by atoms with Gasteiger partial charge in [0.2, 0.25) is 0 Å². The lowest BCUT2D eigenvalue weighted by molar-refractivity contribution is 0.101. The molecular formula is C9H11O5P. The van der Waals surface area contributed by atoms with Crippen molar-refractivity contribution >= 4 is 19.1 Å². The fraction of sp³-hybridized carbons (Fsp3) is 0.222. The van der Waals surface area contributed by atoms with E-state index in [1.807, 2.05) is 0 Å². The van der Waals surface area contributed by atoms with Crippen LogP contribution in [0.2, 0.25) is 0 Å². The Labute approximate surface area is 87.2 Å². The van der Waals surface area contributed by atoms with Crippen LogP contribution in [-0.2, 0) is 13.8 Å². The van der Waals surface area contributed by atoms with Crippen molar-refractivity contribution in [3.05, 3.63) is 30.3 Å². The Bertz CT molecular complexity index is 375. The summed E-state index contributed by atoms with van der Waals surface area (Å²) in [4.78, 5) is 20.3. The van der Waals surface area contributed by atoms with Crippen LogP contribution < -0.4 is 5.30 Å². The first kappa shape index (κ1) is 11.8. The van der Waals surface area contributed by atoms with Crippen LogP contribution in [0.25, 0.3) is 0 Å². The van der Waals surface area contributed by atoms with Crippen molar-refractivity contribution in [1.82, 2.24) is 0 Å². The minimum atomic E-state index is -4.11. The zero-order chi connectivity index (χ0) is 11.3. The van der Waals surface area contributed by atoms with Crippen LogP contribution in [0.3, 0.4) is 0 Å². The molecule has 0 heterocycles. The van der Waals surface area contributed by atoms with Crippen LogP contribution in [-0.4, -0.2) is 17.7 Å². The average molecular weight is 230 g/mol. The maximum absolute atomic E-state index is 11.5. The van der Waals surface area contributed by atoms with Crippen LogP contribution in [0.5, 0.6) is 0 Å². The van der Waals surface area contributed by atoms with E-state index in [1.165, 1.54) is 12.1 Å². The monoisotopic (exact) mass is 230 g/mol. The fourth-order valence-corrected chi connectivity index (χ4v) is 1.82. The summed E-state index contributed by atoms with van der Waals surface area (Å²) in [7, 11) is -4.11. The Kier molecular flexibility index (Phi) is 3.88. The van der Waals surface area contributed by atoms with E-state index in [4.69, 9.17) is 0 Å². The molecule has 1 atom stereocenters. The van der Waals surface area contributed by atoms with E-state index in [9.17, 15) is 14.3 Å². The van der Waals surface area contributed by atoms with Gasteiger partial charge in [-0.2, -0.15) is 0 Å². The molecule has 0 aromatic heterocycles. The van der Waals surface area contributed by atoms with Crippen molar-refractivity contribution in [2.75, 3.05) is 6.61 Å². The molecular weight excluding hydrogens is 219 g/mol. The van der Waals surface area contributed by atoms with E-state index in [0.29, 0.717) is 0 Å². The second-order valence-electron chi connectivity index (χ2n) is 2.63. The summed E-state index contributed by atoms with van der Waals surface area (Å²) in [5.41, 5.74) is 0. The summed E-state index contributed by atoms with van der Waals surface area (Å²) in [6.07, 6.45) is -1.15. The molecule has 0 radical (unpaired) electrons. The van der Waals surface area contributed by atoms with Gasteiger partial charge in [-0.25, -0.2) is 9.36 Å². The Morgan fingerprint density at radius 3 is 2.53 bits per heavy atom. The Morgan fingerprint density at radius 1 is 1.40 bits per heavy atom. The Hall–Kier alpha value is -1.32. The summed E-state index contributed by atoms with van der Waals surface area (Å²) < 4.78 is 20.3. The SMILES string of the molecule is CCOC(=O)OP(=O)(O)c1ccccc1. The van der Waals surface area contributed by atoms with Gasteiger partial charge < -0.3 is 14.2 Å². The van der Waals surface area contributed by atoms with Crippen molar-refractivity contribution in [3.8, 4) is 0 Å². The molecule has 1 aromatic rings. The van der Waals surface area contributed by atoms with Crippen molar-refractivity contribution in [2.45, 2.75) is 6.92 Å². The van der Waals surface area contributed by atoms with Gasteiger partial charge in [-0.1, -0.05) is 18.2 Å². The first-order valence-electron chi connectivity index (χ1n) is 4.31. The average Bonchev–Trinajstić information content (AvgIpc) is 2.18. The lowest BCUT2D eigenvalue weighted by Gasteiger charge is -2.10. The highest BCUT2D eigenvalue weighted by molar-refractivity contribution is 7.61. The van der Waals surface area contributed by atoms with Gasteiger partial charge in [0.1, 0.15) is 0 Å². The molecule has 0 saturated carbocycles. The molecule has 0 saturated heterocycles. The van der Waals surface area contributed by atoms with E-state index in [2.05, 4.69) is 9.26 Å². The van der Waals surface area contributed by atoms with E-state index < -0.39 is 13.8 Å². The van der Waals surface area contributed by atoms with Gasteiger partial charge in [-0.3, -0.25) is 0 Å². The first-order valence-corrected chi connectivity index (χ1v) is 5.89. The first-order chi connectivity index (χ1) is 7.06. The molecule has 1 rings (SSSR count). The molecule has 0 fully saturated rings. The smallest absolute Gasteiger partial charge is 0.434 e. The molecule has 0 aliphatic rings. The maximum Gasteiger partial charge on any atom is 0.515 e. The lowest BCUT2D eigenvalue weighted by atomic mass is 10.4. The highest BCUT2D eigenvalue weighted by Crippen LogP contribution is 2.40. The maximum atomic E-state index is 11.5. The number of hydrogen-bond acceptors (Lipinski definition) is 4. The Morgan fingerprint density at radius 2 is 2.00 bits per heavy atom. The van der Waals surface area contributed by atoms with Gasteiger partial charge in [0.15, 0.2) is 0 Å². The molecule has 82 valence electrons. The third-order valence-electron chi connectivity index (χ3n) is 1.54. The zero-order valence-corrected chi connectivity index (χ0v) is 9.02. The predicted octanol–water partition coefficient (Wildman–Crippen LogP) is 1.67. The topological polar surface area (TPSA) is 72.8 Å². The molecule has 0 aliphatic carbocycles. The second-order valence-corrected chi connectivity index (χ2v) is 4.37. The third-order valence-corrected chi connectivity index (χ3v) is 2.89. The van der Waals surface area contributed by atoms with Gasteiger partial charge in [0.25, 0.3) is 0 Å². The van der Waals surface area contributed by atoms with Gasteiger partial charge >= 0.3 is 13.8 Å². The summed E-state index contributed by atoms with van der Waals surface area (Å²) in [5, 5.41) is 0.0538. The number of benzene rings is 1. The molecule has 0 aliphatic heterocycles. The van der Waals surface area contributed by atoms with Gasteiger partial charge in [0.05, 0.1) is 11.9 Å².